The van der Waals surface area contributed by atoms with Gasteiger partial charge in [-0.15, -0.1) is 0 Å². The van der Waals surface area contributed by atoms with Crippen LogP contribution in [0.4, 0.5) is 4.79 Å². The van der Waals surface area contributed by atoms with E-state index in [2.05, 4.69) is 5.32 Å². The highest BCUT2D eigenvalue weighted by molar-refractivity contribution is 5.68. The predicted molar refractivity (Wildman–Crippen MR) is 74.8 cm³/mol. The van der Waals surface area contributed by atoms with Crippen LogP contribution in [0.5, 0.6) is 0 Å². The molecule has 1 aromatic rings. The number of carbonyl (C=O) groups is 1. The monoisotopic (exact) mass is 265 g/mol. The maximum absolute atomic E-state index is 11.8. The molecule has 1 aromatic carbocycles. The van der Waals surface area contributed by atoms with Crippen LogP contribution in [0, 0.1) is 0 Å². The highest BCUT2D eigenvalue weighted by Crippen LogP contribution is 2.19. The Kier molecular flexibility index (Phi) is 6.36. The van der Waals surface area contributed by atoms with Crippen molar-refractivity contribution in [2.45, 2.75) is 45.3 Å². The Hall–Kier alpha value is -1.55. The van der Waals surface area contributed by atoms with Gasteiger partial charge in [-0.05, 0) is 24.8 Å². The minimum absolute atomic E-state index is 0.0562. The highest BCUT2D eigenvalue weighted by atomic mass is 16.5. The number of carbonyl (C=O) groups excluding carboxylic acids is 1. The van der Waals surface area contributed by atoms with Gasteiger partial charge in [0.2, 0.25) is 0 Å². The lowest BCUT2D eigenvalue weighted by molar-refractivity contribution is 0.116. The number of aliphatic hydroxyl groups is 1. The minimum Gasteiger partial charge on any atom is -0.445 e. The van der Waals surface area contributed by atoms with Crippen molar-refractivity contribution in [1.29, 1.82) is 0 Å². The summed E-state index contributed by atoms with van der Waals surface area (Å²) < 4.78 is 5.20. The molecule has 4 heteroatoms. The molecule has 0 fully saturated rings. The fourth-order valence-electron chi connectivity index (χ4n) is 2.03. The molecule has 0 saturated heterocycles. The highest BCUT2D eigenvalue weighted by Gasteiger charge is 2.28. The SMILES string of the molecule is CCC(CC)(CCO)NC(=O)OCc1ccccc1. The third-order valence-corrected chi connectivity index (χ3v) is 3.52. The van der Waals surface area contributed by atoms with E-state index in [1.54, 1.807) is 0 Å². The summed E-state index contributed by atoms with van der Waals surface area (Å²) in [5.41, 5.74) is 0.584. The molecule has 0 atom stereocenters. The Bertz CT molecular complexity index is 374. The van der Waals surface area contributed by atoms with Crippen molar-refractivity contribution in [3.05, 3.63) is 35.9 Å². The van der Waals surface area contributed by atoms with Crippen LogP contribution < -0.4 is 5.32 Å². The molecule has 0 radical (unpaired) electrons. The summed E-state index contributed by atoms with van der Waals surface area (Å²) in [6, 6.07) is 9.56. The summed E-state index contributed by atoms with van der Waals surface area (Å²) in [4.78, 5) is 11.8. The zero-order valence-electron chi connectivity index (χ0n) is 11.7. The van der Waals surface area contributed by atoms with Crippen molar-refractivity contribution in [2.75, 3.05) is 6.61 Å². The van der Waals surface area contributed by atoms with E-state index in [0.29, 0.717) is 6.42 Å². The van der Waals surface area contributed by atoms with Crippen molar-refractivity contribution in [1.82, 2.24) is 5.32 Å². The number of benzene rings is 1. The third kappa shape index (κ3) is 4.91. The first kappa shape index (κ1) is 15.5. The van der Waals surface area contributed by atoms with Crippen LogP contribution in [0.3, 0.4) is 0 Å². The summed E-state index contributed by atoms with van der Waals surface area (Å²) in [6.45, 7) is 4.31. The Labute approximate surface area is 114 Å². The summed E-state index contributed by atoms with van der Waals surface area (Å²) in [5, 5.41) is 12.0. The largest absolute Gasteiger partial charge is 0.445 e. The number of amides is 1. The third-order valence-electron chi connectivity index (χ3n) is 3.52. The van der Waals surface area contributed by atoms with Crippen molar-refractivity contribution in [3.8, 4) is 0 Å². The van der Waals surface area contributed by atoms with Gasteiger partial charge in [0.25, 0.3) is 0 Å². The first-order valence-corrected chi connectivity index (χ1v) is 6.75. The quantitative estimate of drug-likeness (QED) is 0.797. The van der Waals surface area contributed by atoms with Gasteiger partial charge < -0.3 is 15.2 Å². The van der Waals surface area contributed by atoms with Gasteiger partial charge in [-0.1, -0.05) is 44.2 Å². The zero-order chi connectivity index (χ0) is 14.1. The topological polar surface area (TPSA) is 58.6 Å². The van der Waals surface area contributed by atoms with Gasteiger partial charge in [-0.3, -0.25) is 0 Å². The summed E-state index contributed by atoms with van der Waals surface area (Å²) >= 11 is 0. The lowest BCUT2D eigenvalue weighted by atomic mass is 9.89. The number of aliphatic hydroxyl groups excluding tert-OH is 1. The summed E-state index contributed by atoms with van der Waals surface area (Å²) in [7, 11) is 0. The van der Waals surface area contributed by atoms with Crippen LogP contribution in [0.25, 0.3) is 0 Å². The second-order valence-corrected chi connectivity index (χ2v) is 4.65. The average molecular weight is 265 g/mol. The number of alkyl carbamates (subject to hydrolysis) is 1. The Morgan fingerprint density at radius 2 is 1.89 bits per heavy atom. The predicted octanol–water partition coefficient (Wildman–Crippen LogP) is 2.85. The molecule has 1 amide bonds. The standard InChI is InChI=1S/C15H23NO3/c1-3-15(4-2,10-11-17)16-14(18)19-12-13-8-6-5-7-9-13/h5-9,17H,3-4,10-12H2,1-2H3,(H,16,18). The molecule has 0 heterocycles. The Balaban J connectivity index is 2.49. The molecule has 106 valence electrons. The first-order valence-electron chi connectivity index (χ1n) is 6.75. The second kappa shape index (κ2) is 7.79. The van der Waals surface area contributed by atoms with Crippen molar-refractivity contribution < 1.29 is 14.6 Å². The molecule has 2 N–H and O–H groups in total. The number of hydrogen-bond acceptors (Lipinski definition) is 3. The van der Waals surface area contributed by atoms with Gasteiger partial charge in [-0.2, -0.15) is 0 Å². The Morgan fingerprint density at radius 3 is 2.42 bits per heavy atom. The molecule has 1 rings (SSSR count). The van der Waals surface area contributed by atoms with Crippen LogP contribution in [0.2, 0.25) is 0 Å². The lowest BCUT2D eigenvalue weighted by Crippen LogP contribution is -2.48. The summed E-state index contributed by atoms with van der Waals surface area (Å²) in [6.07, 6.45) is 1.65. The molecule has 0 unspecified atom stereocenters. The summed E-state index contributed by atoms with van der Waals surface area (Å²) in [5.74, 6) is 0. The molecule has 4 nitrogen and oxygen atoms in total. The van der Waals surface area contributed by atoms with E-state index in [1.165, 1.54) is 0 Å². The van der Waals surface area contributed by atoms with E-state index in [4.69, 9.17) is 9.84 Å². The molecular formula is C15H23NO3. The normalized spacial score (nSPS) is 11.1. The van der Waals surface area contributed by atoms with E-state index in [-0.39, 0.29) is 18.8 Å². The number of nitrogens with one attached hydrogen (secondary N) is 1. The smallest absolute Gasteiger partial charge is 0.407 e. The molecule has 0 bridgehead atoms. The van der Waals surface area contributed by atoms with E-state index in [0.717, 1.165) is 18.4 Å². The minimum atomic E-state index is -0.430. The van der Waals surface area contributed by atoms with Gasteiger partial charge in [-0.25, -0.2) is 4.79 Å². The van der Waals surface area contributed by atoms with Crippen molar-refractivity contribution >= 4 is 6.09 Å². The first-order chi connectivity index (χ1) is 9.15. The van der Waals surface area contributed by atoms with E-state index < -0.39 is 6.09 Å². The number of rotatable bonds is 7. The molecule has 0 spiro atoms. The van der Waals surface area contributed by atoms with Gasteiger partial charge in [0.1, 0.15) is 6.61 Å². The van der Waals surface area contributed by atoms with Crippen molar-refractivity contribution in [2.24, 2.45) is 0 Å². The fourth-order valence-corrected chi connectivity index (χ4v) is 2.03. The van der Waals surface area contributed by atoms with Gasteiger partial charge in [0.05, 0.1) is 0 Å². The second-order valence-electron chi connectivity index (χ2n) is 4.65. The van der Waals surface area contributed by atoms with Gasteiger partial charge in [0.15, 0.2) is 0 Å². The molecular weight excluding hydrogens is 242 g/mol. The van der Waals surface area contributed by atoms with E-state index in [9.17, 15) is 4.79 Å². The zero-order valence-corrected chi connectivity index (χ0v) is 11.7. The molecule has 0 saturated carbocycles. The van der Waals surface area contributed by atoms with Crippen LogP contribution >= 0.6 is 0 Å². The van der Waals surface area contributed by atoms with Gasteiger partial charge >= 0.3 is 6.09 Å². The van der Waals surface area contributed by atoms with Crippen molar-refractivity contribution in [3.63, 3.8) is 0 Å². The number of hydrogen-bond donors (Lipinski definition) is 2. The van der Waals surface area contributed by atoms with E-state index >= 15 is 0 Å². The number of ether oxygens (including phenoxy) is 1. The van der Waals surface area contributed by atoms with Gasteiger partial charge in [0, 0.05) is 12.1 Å². The molecule has 0 aromatic heterocycles. The van der Waals surface area contributed by atoms with Crippen LogP contribution in [-0.2, 0) is 11.3 Å². The maximum atomic E-state index is 11.8. The average Bonchev–Trinajstić information content (AvgIpc) is 2.45. The lowest BCUT2D eigenvalue weighted by Gasteiger charge is -2.31. The van der Waals surface area contributed by atoms with Crippen LogP contribution in [0.15, 0.2) is 30.3 Å². The molecule has 19 heavy (non-hydrogen) atoms. The van der Waals surface area contributed by atoms with Crippen LogP contribution in [0.1, 0.15) is 38.7 Å². The van der Waals surface area contributed by atoms with Crippen LogP contribution in [-0.4, -0.2) is 23.3 Å². The molecule has 0 aliphatic rings. The maximum Gasteiger partial charge on any atom is 0.407 e. The molecule has 0 aliphatic carbocycles. The Morgan fingerprint density at radius 1 is 1.26 bits per heavy atom. The fraction of sp³-hybridized carbons (Fsp3) is 0.533. The van der Waals surface area contributed by atoms with E-state index in [1.807, 2.05) is 44.2 Å². The molecule has 0 aliphatic heterocycles.